The van der Waals surface area contributed by atoms with Crippen LogP contribution in [0.5, 0.6) is 0 Å². The van der Waals surface area contributed by atoms with Gasteiger partial charge in [-0.1, -0.05) is 0 Å². The molecule has 1 heterocycles. The highest BCUT2D eigenvalue weighted by molar-refractivity contribution is 5.78. The number of nitrogens with one attached hydrogen (secondary N) is 1. The molecule has 5 heteroatoms. The number of hydrogen-bond donors (Lipinski definition) is 1. The van der Waals surface area contributed by atoms with Crippen molar-refractivity contribution in [2.24, 2.45) is 0 Å². The van der Waals surface area contributed by atoms with E-state index >= 15 is 0 Å². The van der Waals surface area contributed by atoms with Crippen molar-refractivity contribution in [2.45, 2.75) is 32.5 Å². The number of ether oxygens (including phenoxy) is 2. The van der Waals surface area contributed by atoms with Crippen LogP contribution in [0.15, 0.2) is 0 Å². The average Bonchev–Trinajstić information content (AvgIpc) is 2.21. The van der Waals surface area contributed by atoms with Crippen molar-refractivity contribution in [2.75, 3.05) is 39.9 Å². The summed E-state index contributed by atoms with van der Waals surface area (Å²) >= 11 is 0. The second-order valence-electron chi connectivity index (χ2n) is 5.13. The maximum atomic E-state index is 12.0. The van der Waals surface area contributed by atoms with E-state index < -0.39 is 0 Å². The summed E-state index contributed by atoms with van der Waals surface area (Å²) in [6.45, 7) is 9.05. The Kier molecular flexibility index (Phi) is 5.36. The van der Waals surface area contributed by atoms with Gasteiger partial charge in [-0.3, -0.25) is 4.79 Å². The molecule has 1 rings (SSSR count). The van der Waals surface area contributed by atoms with Crippen LogP contribution in [-0.2, 0) is 14.3 Å². The summed E-state index contributed by atoms with van der Waals surface area (Å²) in [6, 6.07) is 0. The second kappa shape index (κ2) is 6.33. The van der Waals surface area contributed by atoms with Gasteiger partial charge in [0.05, 0.1) is 24.9 Å². The minimum atomic E-state index is -0.250. The monoisotopic (exact) mass is 244 g/mol. The van der Waals surface area contributed by atoms with Crippen LogP contribution in [0.25, 0.3) is 0 Å². The minimum Gasteiger partial charge on any atom is -0.383 e. The number of morpholine rings is 1. The lowest BCUT2D eigenvalue weighted by atomic mass is 10.1. The molecule has 1 aliphatic heterocycles. The molecule has 1 aliphatic rings. The van der Waals surface area contributed by atoms with E-state index in [0.717, 1.165) is 0 Å². The molecule has 1 N–H and O–H groups in total. The van der Waals surface area contributed by atoms with Crippen molar-refractivity contribution in [3.05, 3.63) is 0 Å². The lowest BCUT2D eigenvalue weighted by Crippen LogP contribution is -2.55. The predicted octanol–water partition coefficient (Wildman–Crippen LogP) is 0.248. The van der Waals surface area contributed by atoms with Crippen molar-refractivity contribution in [3.8, 4) is 0 Å². The Bertz CT molecular complexity index is 256. The number of carbonyl (C=O) groups is 1. The van der Waals surface area contributed by atoms with E-state index in [9.17, 15) is 4.79 Å². The van der Waals surface area contributed by atoms with Crippen LogP contribution < -0.4 is 5.32 Å². The first-order valence-electron chi connectivity index (χ1n) is 6.10. The largest absolute Gasteiger partial charge is 0.383 e. The Morgan fingerprint density at radius 1 is 1.59 bits per heavy atom. The molecule has 1 atom stereocenters. The van der Waals surface area contributed by atoms with Crippen LogP contribution >= 0.6 is 0 Å². The molecule has 0 aromatic heterocycles. The van der Waals surface area contributed by atoms with E-state index in [1.165, 1.54) is 0 Å². The number of amides is 1. The van der Waals surface area contributed by atoms with Crippen molar-refractivity contribution in [1.29, 1.82) is 0 Å². The van der Waals surface area contributed by atoms with Crippen molar-refractivity contribution >= 4 is 5.91 Å². The zero-order chi connectivity index (χ0) is 12.9. The third-order valence-electron chi connectivity index (χ3n) is 2.68. The van der Waals surface area contributed by atoms with Crippen LogP contribution in [-0.4, -0.2) is 62.4 Å². The second-order valence-corrected chi connectivity index (χ2v) is 5.13. The lowest BCUT2D eigenvalue weighted by Gasteiger charge is -2.41. The molecule has 100 valence electrons. The van der Waals surface area contributed by atoms with Gasteiger partial charge >= 0.3 is 0 Å². The van der Waals surface area contributed by atoms with Gasteiger partial charge in [-0.05, 0) is 20.8 Å². The normalized spacial score (nSPS) is 23.8. The molecule has 1 saturated heterocycles. The Labute approximate surface area is 103 Å². The summed E-state index contributed by atoms with van der Waals surface area (Å²) in [5.74, 6) is 0.129. The maximum Gasteiger partial charge on any atom is 0.236 e. The van der Waals surface area contributed by atoms with Gasteiger partial charge in [-0.2, -0.15) is 0 Å². The highest BCUT2D eigenvalue weighted by Gasteiger charge is 2.33. The molecule has 17 heavy (non-hydrogen) atoms. The zero-order valence-corrected chi connectivity index (χ0v) is 11.3. The van der Waals surface area contributed by atoms with Gasteiger partial charge in [0.15, 0.2) is 0 Å². The topological polar surface area (TPSA) is 50.8 Å². The Balaban J connectivity index is 2.35. The molecule has 0 bridgehead atoms. The quantitative estimate of drug-likeness (QED) is 0.704. The number of rotatable bonds is 5. The fraction of sp³-hybridized carbons (Fsp3) is 0.917. The first-order chi connectivity index (χ1) is 7.94. The highest BCUT2D eigenvalue weighted by atomic mass is 16.5. The Morgan fingerprint density at radius 3 is 2.88 bits per heavy atom. The summed E-state index contributed by atoms with van der Waals surface area (Å²) in [5.41, 5.74) is -0.250. The molecule has 0 saturated carbocycles. The fourth-order valence-corrected chi connectivity index (χ4v) is 2.13. The zero-order valence-electron chi connectivity index (χ0n) is 11.3. The molecule has 0 aliphatic carbocycles. The van der Waals surface area contributed by atoms with E-state index in [2.05, 4.69) is 5.32 Å². The predicted molar refractivity (Wildman–Crippen MR) is 66.0 cm³/mol. The Hall–Kier alpha value is -0.650. The smallest absolute Gasteiger partial charge is 0.236 e. The molecular formula is C12H24N2O3. The van der Waals surface area contributed by atoms with Gasteiger partial charge < -0.3 is 19.7 Å². The number of carbonyl (C=O) groups excluding carboxylic acids is 1. The first-order valence-corrected chi connectivity index (χ1v) is 6.10. The number of methoxy groups -OCH3 is 1. The van der Waals surface area contributed by atoms with Crippen molar-refractivity contribution < 1.29 is 14.3 Å². The van der Waals surface area contributed by atoms with Gasteiger partial charge in [-0.25, -0.2) is 0 Å². The van der Waals surface area contributed by atoms with Crippen LogP contribution in [0.2, 0.25) is 0 Å². The SMILES string of the molecule is COCCNCC(=O)N1C[C@@H](C)OC(C)(C)C1. The lowest BCUT2D eigenvalue weighted by molar-refractivity contribution is -0.157. The molecular weight excluding hydrogens is 220 g/mol. The molecule has 0 unspecified atom stereocenters. The maximum absolute atomic E-state index is 12.0. The molecule has 0 aromatic rings. The highest BCUT2D eigenvalue weighted by Crippen LogP contribution is 2.20. The van der Waals surface area contributed by atoms with E-state index in [-0.39, 0.29) is 17.6 Å². The van der Waals surface area contributed by atoms with Crippen molar-refractivity contribution in [1.82, 2.24) is 10.2 Å². The summed E-state index contributed by atoms with van der Waals surface area (Å²) in [6.07, 6.45) is 0.0988. The number of nitrogens with zero attached hydrogens (tertiary/aromatic N) is 1. The third kappa shape index (κ3) is 5.02. The summed E-state index contributed by atoms with van der Waals surface area (Å²) in [7, 11) is 1.65. The molecule has 0 spiro atoms. The third-order valence-corrected chi connectivity index (χ3v) is 2.68. The van der Waals surface area contributed by atoms with E-state index in [4.69, 9.17) is 9.47 Å². The van der Waals surface area contributed by atoms with E-state index in [0.29, 0.717) is 32.8 Å². The van der Waals surface area contributed by atoms with Crippen molar-refractivity contribution in [3.63, 3.8) is 0 Å². The summed E-state index contributed by atoms with van der Waals surface area (Å²) < 4.78 is 10.7. The van der Waals surface area contributed by atoms with E-state index in [1.807, 2.05) is 25.7 Å². The summed E-state index contributed by atoms with van der Waals surface area (Å²) in [5, 5.41) is 3.07. The first kappa shape index (κ1) is 14.4. The van der Waals surface area contributed by atoms with Crippen LogP contribution in [0, 0.1) is 0 Å². The molecule has 1 amide bonds. The fourth-order valence-electron chi connectivity index (χ4n) is 2.13. The van der Waals surface area contributed by atoms with Crippen LogP contribution in [0.1, 0.15) is 20.8 Å². The molecule has 1 fully saturated rings. The summed E-state index contributed by atoms with van der Waals surface area (Å²) in [4.78, 5) is 13.8. The van der Waals surface area contributed by atoms with Gasteiger partial charge in [-0.15, -0.1) is 0 Å². The minimum absolute atomic E-state index is 0.0988. The van der Waals surface area contributed by atoms with Crippen LogP contribution in [0.4, 0.5) is 0 Å². The Morgan fingerprint density at radius 2 is 2.29 bits per heavy atom. The standard InChI is InChI=1S/C12H24N2O3/c1-10-8-14(9-12(2,3)17-10)11(15)7-13-5-6-16-4/h10,13H,5-9H2,1-4H3/t10-/m1/s1. The molecule has 5 nitrogen and oxygen atoms in total. The van der Waals surface area contributed by atoms with Gasteiger partial charge in [0.2, 0.25) is 5.91 Å². The molecule has 0 radical (unpaired) electrons. The van der Waals surface area contributed by atoms with Crippen LogP contribution in [0.3, 0.4) is 0 Å². The van der Waals surface area contributed by atoms with Gasteiger partial charge in [0, 0.05) is 26.7 Å². The molecule has 0 aromatic carbocycles. The average molecular weight is 244 g/mol. The number of hydrogen-bond acceptors (Lipinski definition) is 4. The van der Waals surface area contributed by atoms with E-state index in [1.54, 1.807) is 7.11 Å². The van der Waals surface area contributed by atoms with Gasteiger partial charge in [0.1, 0.15) is 0 Å². The van der Waals surface area contributed by atoms with Gasteiger partial charge in [0.25, 0.3) is 0 Å².